The van der Waals surface area contributed by atoms with Gasteiger partial charge in [-0.3, -0.25) is 37.3 Å². The molecular formula is C74H144O17P2. The first-order chi connectivity index (χ1) is 45.2. The molecule has 0 aromatic rings. The van der Waals surface area contributed by atoms with E-state index in [1.165, 1.54) is 225 Å². The van der Waals surface area contributed by atoms with Crippen LogP contribution in [0, 0.1) is 0 Å². The minimum Gasteiger partial charge on any atom is -0.462 e. The molecule has 0 saturated heterocycles. The van der Waals surface area contributed by atoms with Crippen molar-refractivity contribution in [1.82, 2.24) is 0 Å². The summed E-state index contributed by atoms with van der Waals surface area (Å²) in [5, 5.41) is 10.6. The van der Waals surface area contributed by atoms with Crippen LogP contribution in [0.5, 0.6) is 0 Å². The number of ether oxygens (including phenoxy) is 4. The molecule has 0 radical (unpaired) electrons. The normalized spacial score (nSPS) is 13.9. The van der Waals surface area contributed by atoms with Gasteiger partial charge in [0.2, 0.25) is 0 Å². The first-order valence-corrected chi connectivity index (χ1v) is 41.8. The molecule has 0 aromatic heterocycles. The van der Waals surface area contributed by atoms with Crippen molar-refractivity contribution in [2.24, 2.45) is 0 Å². The van der Waals surface area contributed by atoms with Crippen LogP contribution in [0.2, 0.25) is 0 Å². The Balaban J connectivity index is 5.18. The fourth-order valence-electron chi connectivity index (χ4n) is 11.4. The largest absolute Gasteiger partial charge is 0.472 e. The molecule has 0 spiro atoms. The van der Waals surface area contributed by atoms with Crippen LogP contribution in [0.1, 0.15) is 394 Å². The van der Waals surface area contributed by atoms with E-state index in [4.69, 9.17) is 37.0 Å². The average molecular weight is 1370 g/mol. The van der Waals surface area contributed by atoms with Gasteiger partial charge in [0, 0.05) is 25.7 Å². The van der Waals surface area contributed by atoms with E-state index in [9.17, 15) is 43.2 Å². The molecule has 552 valence electrons. The summed E-state index contributed by atoms with van der Waals surface area (Å²) in [5.74, 6) is -2.11. The molecule has 0 amide bonds. The third-order valence-corrected chi connectivity index (χ3v) is 19.3. The molecule has 3 N–H and O–H groups in total. The Hall–Kier alpha value is -1.94. The minimum absolute atomic E-state index is 0.108. The zero-order valence-electron chi connectivity index (χ0n) is 60.2. The van der Waals surface area contributed by atoms with Crippen molar-refractivity contribution in [2.75, 3.05) is 39.6 Å². The van der Waals surface area contributed by atoms with Crippen LogP contribution < -0.4 is 0 Å². The van der Waals surface area contributed by atoms with Crippen LogP contribution in [-0.2, 0) is 65.4 Å². The molecule has 0 aliphatic heterocycles. The quantitative estimate of drug-likeness (QED) is 0.0222. The van der Waals surface area contributed by atoms with E-state index in [1.807, 2.05) is 0 Å². The highest BCUT2D eigenvalue weighted by molar-refractivity contribution is 7.47. The lowest BCUT2D eigenvalue weighted by Gasteiger charge is -2.21. The van der Waals surface area contributed by atoms with Crippen LogP contribution in [0.4, 0.5) is 0 Å². The third-order valence-electron chi connectivity index (χ3n) is 17.4. The van der Waals surface area contributed by atoms with E-state index in [-0.39, 0.29) is 25.7 Å². The summed E-state index contributed by atoms with van der Waals surface area (Å²) < 4.78 is 68.4. The summed E-state index contributed by atoms with van der Waals surface area (Å²) in [6.07, 6.45) is 58.2. The van der Waals surface area contributed by atoms with Gasteiger partial charge in [0.15, 0.2) is 12.2 Å². The lowest BCUT2D eigenvalue weighted by Crippen LogP contribution is -2.30. The van der Waals surface area contributed by atoms with E-state index < -0.39 is 97.5 Å². The van der Waals surface area contributed by atoms with Gasteiger partial charge >= 0.3 is 39.5 Å². The fraction of sp³-hybridized carbons (Fsp3) is 0.946. The Morgan fingerprint density at radius 2 is 0.430 bits per heavy atom. The van der Waals surface area contributed by atoms with Gasteiger partial charge in [0.1, 0.15) is 19.3 Å². The van der Waals surface area contributed by atoms with E-state index in [2.05, 4.69) is 27.7 Å². The molecule has 0 aliphatic rings. The summed E-state index contributed by atoms with van der Waals surface area (Å²) in [5.41, 5.74) is 0. The number of carbonyl (C=O) groups excluding carboxylic acids is 4. The molecular weight excluding hydrogens is 1220 g/mol. The molecule has 93 heavy (non-hydrogen) atoms. The Labute approximate surface area is 568 Å². The molecule has 0 aliphatic carbocycles. The van der Waals surface area contributed by atoms with Crippen molar-refractivity contribution in [3.05, 3.63) is 0 Å². The van der Waals surface area contributed by atoms with Gasteiger partial charge in [-0.15, -0.1) is 0 Å². The molecule has 0 fully saturated rings. The third kappa shape index (κ3) is 68.4. The molecule has 5 atom stereocenters. The Morgan fingerprint density at radius 1 is 0.258 bits per heavy atom. The van der Waals surface area contributed by atoms with E-state index >= 15 is 0 Å². The van der Waals surface area contributed by atoms with E-state index in [0.29, 0.717) is 25.7 Å². The van der Waals surface area contributed by atoms with Crippen molar-refractivity contribution in [3.8, 4) is 0 Å². The number of carbonyl (C=O) groups is 4. The number of aliphatic hydroxyl groups is 1. The van der Waals surface area contributed by atoms with Gasteiger partial charge in [-0.25, -0.2) is 9.13 Å². The van der Waals surface area contributed by atoms with Gasteiger partial charge < -0.3 is 33.8 Å². The summed E-state index contributed by atoms with van der Waals surface area (Å²) >= 11 is 0. The van der Waals surface area contributed by atoms with Crippen molar-refractivity contribution in [2.45, 2.75) is 412 Å². The van der Waals surface area contributed by atoms with Gasteiger partial charge in [-0.1, -0.05) is 342 Å². The number of esters is 4. The van der Waals surface area contributed by atoms with Crippen molar-refractivity contribution in [3.63, 3.8) is 0 Å². The molecule has 0 bridgehead atoms. The molecule has 2 unspecified atom stereocenters. The number of aliphatic hydroxyl groups excluding tert-OH is 1. The zero-order chi connectivity index (χ0) is 68.2. The predicted octanol–water partition coefficient (Wildman–Crippen LogP) is 21.8. The second-order valence-electron chi connectivity index (χ2n) is 26.7. The highest BCUT2D eigenvalue weighted by Gasteiger charge is 2.30. The number of phosphoric acid groups is 2. The fourth-order valence-corrected chi connectivity index (χ4v) is 13.0. The topological polar surface area (TPSA) is 237 Å². The first-order valence-electron chi connectivity index (χ1n) is 38.8. The number of hydrogen-bond acceptors (Lipinski definition) is 15. The Kier molecular flexibility index (Phi) is 67.1. The van der Waals surface area contributed by atoms with E-state index in [0.717, 1.165) is 89.9 Å². The maximum Gasteiger partial charge on any atom is 0.472 e. The highest BCUT2D eigenvalue weighted by atomic mass is 31.2. The summed E-state index contributed by atoms with van der Waals surface area (Å²) in [4.78, 5) is 72.7. The van der Waals surface area contributed by atoms with E-state index in [1.54, 1.807) is 0 Å². The van der Waals surface area contributed by atoms with Gasteiger partial charge in [-0.05, 0) is 25.7 Å². The van der Waals surface area contributed by atoms with Crippen LogP contribution >= 0.6 is 15.6 Å². The zero-order valence-corrected chi connectivity index (χ0v) is 62.0. The number of unbranched alkanes of at least 4 members (excludes halogenated alkanes) is 49. The molecule has 0 aromatic carbocycles. The SMILES string of the molecule is CCCCCCCCCCCCCCCCCCCCCCC(=O)O[C@H](COC(=O)CCCCCCCCCCCCC)COP(=O)(O)OC[C@@H](O)COP(=O)(O)OC[C@@H](COC(=O)CCCCCCCCCCCCC)OC(=O)CCCCCCCCCCCCC. The van der Waals surface area contributed by atoms with Crippen LogP contribution in [0.3, 0.4) is 0 Å². The predicted molar refractivity (Wildman–Crippen MR) is 377 cm³/mol. The van der Waals surface area contributed by atoms with Gasteiger partial charge in [0.05, 0.1) is 26.4 Å². The Bertz CT molecular complexity index is 1770. The second-order valence-corrected chi connectivity index (χ2v) is 29.6. The van der Waals surface area contributed by atoms with Crippen LogP contribution in [0.25, 0.3) is 0 Å². The number of phosphoric ester groups is 2. The van der Waals surface area contributed by atoms with Crippen LogP contribution in [0.15, 0.2) is 0 Å². The van der Waals surface area contributed by atoms with Gasteiger partial charge in [-0.2, -0.15) is 0 Å². The molecule has 17 nitrogen and oxygen atoms in total. The standard InChI is InChI=1S/C74H144O17P2/c1-5-9-13-17-21-25-29-30-31-32-33-34-35-36-37-41-45-49-53-57-61-74(79)91-70(65-85-72(77)59-55-51-47-43-39-27-23-19-15-11-7-3)67-89-93(82,83)87-63-68(75)62-86-92(80,81)88-66-69(90-73(78)60-56-52-48-44-40-28-24-20-16-12-8-4)64-84-71(76)58-54-50-46-42-38-26-22-18-14-10-6-2/h68-70,75H,5-67H2,1-4H3,(H,80,81)(H,82,83)/t68-,69+,70+/m0/s1. The lowest BCUT2D eigenvalue weighted by atomic mass is 10.0. The summed E-state index contributed by atoms with van der Waals surface area (Å²) in [6, 6.07) is 0. The molecule has 0 saturated carbocycles. The molecule has 0 rings (SSSR count). The molecule has 19 heteroatoms. The monoisotopic (exact) mass is 1370 g/mol. The van der Waals surface area contributed by atoms with Gasteiger partial charge in [0.25, 0.3) is 0 Å². The summed E-state index contributed by atoms with van der Waals surface area (Å²) in [6.45, 7) is 4.96. The maximum absolute atomic E-state index is 13.1. The molecule has 0 heterocycles. The smallest absolute Gasteiger partial charge is 0.462 e. The van der Waals surface area contributed by atoms with Crippen molar-refractivity contribution < 1.29 is 80.2 Å². The van der Waals surface area contributed by atoms with Crippen LogP contribution in [-0.4, -0.2) is 96.7 Å². The second kappa shape index (κ2) is 68.6. The number of hydrogen-bond donors (Lipinski definition) is 3. The average Bonchev–Trinajstić information content (AvgIpc) is 3.24. The summed E-state index contributed by atoms with van der Waals surface area (Å²) in [7, 11) is -9.90. The Morgan fingerprint density at radius 3 is 0.634 bits per heavy atom. The highest BCUT2D eigenvalue weighted by Crippen LogP contribution is 2.45. The maximum atomic E-state index is 13.1. The lowest BCUT2D eigenvalue weighted by molar-refractivity contribution is -0.161. The van der Waals surface area contributed by atoms with Crippen molar-refractivity contribution >= 4 is 39.5 Å². The minimum atomic E-state index is -4.95. The first kappa shape index (κ1) is 91.1. The number of rotatable bonds is 75. The van der Waals surface area contributed by atoms with Crippen molar-refractivity contribution in [1.29, 1.82) is 0 Å².